The molecule has 0 radical (unpaired) electrons. The van der Waals surface area contributed by atoms with E-state index < -0.39 is 0 Å². The second-order valence-electron chi connectivity index (χ2n) is 6.65. The van der Waals surface area contributed by atoms with E-state index in [0.717, 1.165) is 22.7 Å². The molecule has 1 aromatic rings. The Morgan fingerprint density at radius 1 is 1.14 bits per heavy atom. The maximum Gasteiger partial charge on any atom is 0.173 e. The molecule has 0 aromatic carbocycles. The van der Waals surface area contributed by atoms with Gasteiger partial charge in [-0.25, -0.2) is 4.99 Å². The Bertz CT molecular complexity index is 689. The van der Waals surface area contributed by atoms with Gasteiger partial charge < -0.3 is 11.5 Å². The summed E-state index contributed by atoms with van der Waals surface area (Å²) in [5.41, 5.74) is 14.5. The van der Waals surface area contributed by atoms with Crippen molar-refractivity contribution in [3.63, 3.8) is 0 Å². The minimum atomic E-state index is 0.536. The molecular formula is C24H39N5. The smallest absolute Gasteiger partial charge is 0.173 e. The van der Waals surface area contributed by atoms with Crippen LogP contribution in [0.25, 0.3) is 0 Å². The van der Waals surface area contributed by atoms with E-state index in [9.17, 15) is 0 Å². The predicted octanol–water partition coefficient (Wildman–Crippen LogP) is 5.20. The summed E-state index contributed by atoms with van der Waals surface area (Å²) in [6, 6.07) is 6.18. The average molecular weight is 398 g/mol. The number of amidine groups is 1. The van der Waals surface area contributed by atoms with E-state index in [0.29, 0.717) is 11.9 Å². The number of allylic oxidation sites excluding steroid dienone is 5. The summed E-state index contributed by atoms with van der Waals surface area (Å²) in [5, 5.41) is 0. The zero-order valence-electron chi connectivity index (χ0n) is 18.9. The first kappa shape index (κ1) is 26.5. The van der Waals surface area contributed by atoms with Crippen molar-refractivity contribution in [2.45, 2.75) is 65.8 Å². The van der Waals surface area contributed by atoms with Crippen molar-refractivity contribution >= 4 is 11.5 Å². The number of pyridine rings is 1. The lowest BCUT2D eigenvalue weighted by atomic mass is 9.97. The van der Waals surface area contributed by atoms with Crippen LogP contribution in [0.15, 0.2) is 70.5 Å². The Balaban J connectivity index is 0.000000722. The van der Waals surface area contributed by atoms with E-state index in [-0.39, 0.29) is 0 Å². The van der Waals surface area contributed by atoms with Crippen molar-refractivity contribution < 1.29 is 0 Å². The molecule has 29 heavy (non-hydrogen) atoms. The molecule has 0 aliphatic heterocycles. The molecule has 1 fully saturated rings. The molecule has 0 spiro atoms. The van der Waals surface area contributed by atoms with Crippen molar-refractivity contribution in [1.82, 2.24) is 4.98 Å². The number of aromatic nitrogens is 1. The minimum Gasteiger partial charge on any atom is -0.402 e. The van der Waals surface area contributed by atoms with Crippen LogP contribution in [-0.4, -0.2) is 29.6 Å². The quantitative estimate of drug-likeness (QED) is 0.416. The highest BCUT2D eigenvalue weighted by atomic mass is 14.9. The standard InChI is InChI=1S/C16H20N4.C6H13N.C2H6/c1-5-14(10-12(2)17)11-13(3)20-16(18-4)15-8-6-7-9-19-15;7-6-4-2-1-3-5-6;1-2/h5-11H,1,17H2,2-4H3;6H,1-5,7H2;1-2H3/b12-10+,14-11-,18-16?,20-13?;;. The fourth-order valence-electron chi connectivity index (χ4n) is 2.71. The number of nitrogens with two attached hydrogens (primary N) is 2. The van der Waals surface area contributed by atoms with Gasteiger partial charge in [0.25, 0.3) is 0 Å². The van der Waals surface area contributed by atoms with Gasteiger partial charge in [-0.15, -0.1) is 0 Å². The van der Waals surface area contributed by atoms with Crippen molar-refractivity contribution in [3.05, 3.63) is 66.2 Å². The SMILES string of the molecule is C=CC(=C/C(C)=NC(=NC)c1ccccn1)/C=C(\C)N.CC.NC1CCCCC1. The number of aliphatic imine (C=N–C) groups is 2. The van der Waals surface area contributed by atoms with Crippen LogP contribution in [-0.2, 0) is 0 Å². The Morgan fingerprint density at radius 2 is 1.79 bits per heavy atom. The van der Waals surface area contributed by atoms with Crippen LogP contribution in [0, 0.1) is 0 Å². The molecule has 5 heteroatoms. The first-order valence-corrected chi connectivity index (χ1v) is 10.4. The Labute approximate surface area is 177 Å². The van der Waals surface area contributed by atoms with Crippen LogP contribution >= 0.6 is 0 Å². The molecule has 0 bridgehead atoms. The zero-order valence-corrected chi connectivity index (χ0v) is 18.9. The summed E-state index contributed by atoms with van der Waals surface area (Å²) in [4.78, 5) is 12.9. The second-order valence-corrected chi connectivity index (χ2v) is 6.65. The van der Waals surface area contributed by atoms with Gasteiger partial charge in [-0.05, 0) is 56.5 Å². The van der Waals surface area contributed by atoms with Crippen LogP contribution in [0.1, 0.15) is 65.5 Å². The third-order valence-corrected chi connectivity index (χ3v) is 4.04. The van der Waals surface area contributed by atoms with E-state index >= 15 is 0 Å². The highest BCUT2D eigenvalue weighted by Gasteiger charge is 2.06. The van der Waals surface area contributed by atoms with Gasteiger partial charge >= 0.3 is 0 Å². The topological polar surface area (TPSA) is 89.6 Å². The fourth-order valence-corrected chi connectivity index (χ4v) is 2.71. The predicted molar refractivity (Wildman–Crippen MR) is 128 cm³/mol. The largest absolute Gasteiger partial charge is 0.402 e. The molecule has 1 aliphatic rings. The molecule has 0 atom stereocenters. The summed E-state index contributed by atoms with van der Waals surface area (Å²) in [5.74, 6) is 0.594. The zero-order chi connectivity index (χ0) is 22.1. The first-order valence-electron chi connectivity index (χ1n) is 10.4. The van der Waals surface area contributed by atoms with Crippen molar-refractivity contribution in [2.24, 2.45) is 21.5 Å². The molecule has 2 rings (SSSR count). The molecule has 160 valence electrons. The van der Waals surface area contributed by atoms with Gasteiger partial charge in [-0.2, -0.15) is 0 Å². The monoisotopic (exact) mass is 397 g/mol. The van der Waals surface area contributed by atoms with Crippen molar-refractivity contribution in [2.75, 3.05) is 7.05 Å². The fraction of sp³-hybridized carbons (Fsp3) is 0.458. The normalized spacial score (nSPS) is 16.2. The molecule has 5 nitrogen and oxygen atoms in total. The van der Waals surface area contributed by atoms with E-state index in [1.807, 2.05) is 58.0 Å². The lowest BCUT2D eigenvalue weighted by Gasteiger charge is -2.15. The van der Waals surface area contributed by atoms with E-state index in [1.54, 1.807) is 19.3 Å². The second kappa shape index (κ2) is 16.4. The van der Waals surface area contributed by atoms with Gasteiger partial charge in [-0.1, -0.05) is 51.8 Å². The van der Waals surface area contributed by atoms with Crippen LogP contribution in [0.3, 0.4) is 0 Å². The molecule has 0 amide bonds. The van der Waals surface area contributed by atoms with Gasteiger partial charge in [0.2, 0.25) is 0 Å². The Kier molecular flexibility index (Phi) is 15.0. The van der Waals surface area contributed by atoms with Crippen molar-refractivity contribution in [1.29, 1.82) is 0 Å². The summed E-state index contributed by atoms with van der Waals surface area (Å²) in [7, 11) is 1.70. The number of hydrogen-bond acceptors (Lipinski definition) is 4. The maximum absolute atomic E-state index is 5.66. The number of nitrogens with zero attached hydrogens (tertiary/aromatic N) is 3. The van der Waals surface area contributed by atoms with E-state index in [4.69, 9.17) is 11.5 Å². The van der Waals surface area contributed by atoms with Crippen LogP contribution in [0.5, 0.6) is 0 Å². The molecule has 0 saturated heterocycles. The van der Waals surface area contributed by atoms with Gasteiger partial charge in [0.1, 0.15) is 5.69 Å². The highest BCUT2D eigenvalue weighted by Crippen LogP contribution is 2.14. The molecule has 1 aliphatic carbocycles. The molecule has 1 aromatic heterocycles. The Morgan fingerprint density at radius 3 is 2.21 bits per heavy atom. The van der Waals surface area contributed by atoms with Gasteiger partial charge in [0.15, 0.2) is 5.84 Å². The number of rotatable bonds is 4. The maximum atomic E-state index is 5.66. The molecule has 0 unspecified atom stereocenters. The van der Waals surface area contributed by atoms with E-state index in [2.05, 4.69) is 21.5 Å². The highest BCUT2D eigenvalue weighted by molar-refractivity contribution is 6.08. The molecular weight excluding hydrogens is 358 g/mol. The third kappa shape index (κ3) is 12.5. The molecule has 1 saturated carbocycles. The third-order valence-electron chi connectivity index (χ3n) is 4.04. The summed E-state index contributed by atoms with van der Waals surface area (Å²) in [6.07, 6.45) is 13.9. The first-order chi connectivity index (χ1) is 14.0. The minimum absolute atomic E-state index is 0.536. The molecule has 4 N–H and O–H groups in total. The summed E-state index contributed by atoms with van der Waals surface area (Å²) < 4.78 is 0. The lowest BCUT2D eigenvalue weighted by Crippen LogP contribution is -2.22. The molecule has 1 heterocycles. The summed E-state index contributed by atoms with van der Waals surface area (Å²) >= 11 is 0. The van der Waals surface area contributed by atoms with Gasteiger partial charge in [0, 0.05) is 30.7 Å². The van der Waals surface area contributed by atoms with E-state index in [1.165, 1.54) is 32.1 Å². The van der Waals surface area contributed by atoms with Crippen LogP contribution in [0.4, 0.5) is 0 Å². The average Bonchev–Trinajstić information content (AvgIpc) is 2.74. The van der Waals surface area contributed by atoms with Crippen molar-refractivity contribution in [3.8, 4) is 0 Å². The van der Waals surface area contributed by atoms with Gasteiger partial charge in [0.05, 0.1) is 0 Å². The summed E-state index contributed by atoms with van der Waals surface area (Å²) in [6.45, 7) is 11.5. The van der Waals surface area contributed by atoms with Crippen LogP contribution < -0.4 is 11.5 Å². The Hall–Kier alpha value is -2.53. The lowest BCUT2D eigenvalue weighted by molar-refractivity contribution is 0.441. The van der Waals surface area contributed by atoms with Gasteiger partial charge in [-0.3, -0.25) is 9.98 Å². The number of hydrogen-bond donors (Lipinski definition) is 2. The van der Waals surface area contributed by atoms with Crippen LogP contribution in [0.2, 0.25) is 0 Å².